The van der Waals surface area contributed by atoms with Gasteiger partial charge in [-0.25, -0.2) is 0 Å². The van der Waals surface area contributed by atoms with Crippen LogP contribution in [0.1, 0.15) is 30.5 Å². The lowest BCUT2D eigenvalue weighted by Gasteiger charge is -2.06. The van der Waals surface area contributed by atoms with Gasteiger partial charge in [0.15, 0.2) is 5.82 Å². The Hall–Kier alpha value is -1.73. The summed E-state index contributed by atoms with van der Waals surface area (Å²) < 4.78 is 12.8. The normalized spacial score (nSPS) is 19.9. The van der Waals surface area contributed by atoms with Gasteiger partial charge in [0.25, 0.3) is 0 Å². The highest BCUT2D eigenvalue weighted by Gasteiger charge is 2.23. The number of aromatic amines is 1. The molecule has 6 nitrogen and oxygen atoms in total. The van der Waals surface area contributed by atoms with Gasteiger partial charge in [-0.2, -0.15) is 14.9 Å². The van der Waals surface area contributed by atoms with Gasteiger partial charge in [-0.15, -0.1) is 0 Å². The number of aromatic nitrogens is 3. The molecule has 7 heteroatoms. The van der Waals surface area contributed by atoms with Crippen LogP contribution >= 0.6 is 12.2 Å². The third-order valence-electron chi connectivity index (χ3n) is 2.74. The van der Waals surface area contributed by atoms with Crippen molar-refractivity contribution >= 4 is 18.4 Å². The number of ether oxygens (including phenoxy) is 1. The van der Waals surface area contributed by atoms with Crippen LogP contribution in [0.15, 0.2) is 27.9 Å². The van der Waals surface area contributed by atoms with Crippen molar-refractivity contribution in [1.29, 1.82) is 0 Å². The number of nitrogens with one attached hydrogen (secondary N) is 1. The maximum atomic E-state index is 5.58. The Morgan fingerprint density at radius 1 is 1.61 bits per heavy atom. The van der Waals surface area contributed by atoms with Crippen LogP contribution in [0.2, 0.25) is 0 Å². The predicted molar refractivity (Wildman–Crippen MR) is 67.0 cm³/mol. The lowest BCUT2D eigenvalue weighted by atomic mass is 10.2. The van der Waals surface area contributed by atoms with Gasteiger partial charge in [-0.1, -0.05) is 0 Å². The monoisotopic (exact) mass is 264 g/mol. The minimum Gasteiger partial charge on any atom is -0.463 e. The second-order valence-electron chi connectivity index (χ2n) is 3.96. The molecular weight excluding hydrogens is 252 g/mol. The zero-order chi connectivity index (χ0) is 12.4. The number of hydrogen-bond donors (Lipinski definition) is 1. The molecule has 0 radical (unpaired) electrons. The Balaban J connectivity index is 1.91. The molecule has 1 fully saturated rings. The zero-order valence-corrected chi connectivity index (χ0v) is 10.4. The van der Waals surface area contributed by atoms with E-state index in [2.05, 4.69) is 15.3 Å². The Kier molecular flexibility index (Phi) is 3.07. The average molecular weight is 264 g/mol. The second-order valence-corrected chi connectivity index (χ2v) is 4.35. The molecule has 0 spiro atoms. The molecule has 3 rings (SSSR count). The lowest BCUT2D eigenvalue weighted by Crippen LogP contribution is -2.05. The summed E-state index contributed by atoms with van der Waals surface area (Å²) in [7, 11) is 0. The van der Waals surface area contributed by atoms with Crippen molar-refractivity contribution in [2.45, 2.75) is 18.9 Å². The summed E-state index contributed by atoms with van der Waals surface area (Å²) in [5.74, 6) is 1.37. The first-order valence-corrected chi connectivity index (χ1v) is 6.12. The number of H-pyrrole nitrogens is 1. The molecule has 1 atom stereocenters. The first-order valence-electron chi connectivity index (χ1n) is 5.71. The highest BCUT2D eigenvalue weighted by Crippen LogP contribution is 2.26. The van der Waals surface area contributed by atoms with Gasteiger partial charge in [0.1, 0.15) is 11.9 Å². The van der Waals surface area contributed by atoms with Crippen molar-refractivity contribution in [3.8, 4) is 0 Å². The Bertz CT molecular complexity index is 593. The average Bonchev–Trinajstić information content (AvgIpc) is 3.08. The van der Waals surface area contributed by atoms with Gasteiger partial charge in [0, 0.05) is 6.61 Å². The first-order chi connectivity index (χ1) is 8.84. The fraction of sp³-hybridized carbons (Fsp3) is 0.364. The standard InChI is InChI=1S/C11H12N4O2S/c18-11-14-13-10(9-4-2-6-17-9)15(11)12-7-8-3-1-5-16-8/h1,3,5,7,9H,2,4,6H2,(H,14,18)/b12-7-. The molecule has 0 bridgehead atoms. The third-order valence-corrected chi connectivity index (χ3v) is 3.00. The van der Waals surface area contributed by atoms with E-state index in [9.17, 15) is 0 Å². The van der Waals surface area contributed by atoms with E-state index in [1.807, 2.05) is 6.07 Å². The van der Waals surface area contributed by atoms with E-state index < -0.39 is 0 Å². The number of nitrogens with zero attached hydrogens (tertiary/aromatic N) is 3. The highest BCUT2D eigenvalue weighted by atomic mass is 32.1. The molecule has 1 aliphatic heterocycles. The van der Waals surface area contributed by atoms with Gasteiger partial charge in [-0.05, 0) is 37.2 Å². The number of hydrogen-bond acceptors (Lipinski definition) is 5. The van der Waals surface area contributed by atoms with Crippen molar-refractivity contribution in [1.82, 2.24) is 14.9 Å². The summed E-state index contributed by atoms with van der Waals surface area (Å²) >= 11 is 5.15. The fourth-order valence-electron chi connectivity index (χ4n) is 1.88. The molecule has 94 valence electrons. The summed E-state index contributed by atoms with van der Waals surface area (Å²) in [6.07, 6.45) is 5.13. The Labute approximate surface area is 108 Å². The zero-order valence-electron chi connectivity index (χ0n) is 9.57. The number of furan rings is 1. The van der Waals surface area contributed by atoms with Crippen LogP contribution < -0.4 is 0 Å². The van der Waals surface area contributed by atoms with Crippen LogP contribution in [-0.4, -0.2) is 27.7 Å². The Morgan fingerprint density at radius 2 is 2.56 bits per heavy atom. The van der Waals surface area contributed by atoms with Gasteiger partial charge in [-0.3, -0.25) is 5.10 Å². The van der Waals surface area contributed by atoms with Crippen molar-refractivity contribution in [3.63, 3.8) is 0 Å². The van der Waals surface area contributed by atoms with Crippen molar-refractivity contribution in [3.05, 3.63) is 34.8 Å². The van der Waals surface area contributed by atoms with Crippen LogP contribution in [0.3, 0.4) is 0 Å². The summed E-state index contributed by atoms with van der Waals surface area (Å²) in [5.41, 5.74) is 0. The molecule has 0 saturated carbocycles. The molecule has 0 aliphatic carbocycles. The van der Waals surface area contributed by atoms with Crippen molar-refractivity contribution in [2.24, 2.45) is 5.10 Å². The maximum absolute atomic E-state index is 5.58. The minimum absolute atomic E-state index is 0.0355. The van der Waals surface area contributed by atoms with E-state index in [4.69, 9.17) is 21.4 Å². The summed E-state index contributed by atoms with van der Waals surface area (Å²) in [6.45, 7) is 0.756. The van der Waals surface area contributed by atoms with E-state index >= 15 is 0 Å². The lowest BCUT2D eigenvalue weighted by molar-refractivity contribution is 0.102. The first kappa shape index (κ1) is 11.4. The van der Waals surface area contributed by atoms with E-state index in [1.54, 1.807) is 23.2 Å². The van der Waals surface area contributed by atoms with Crippen molar-refractivity contribution in [2.75, 3.05) is 6.61 Å². The molecular formula is C11H12N4O2S. The van der Waals surface area contributed by atoms with Crippen LogP contribution in [0.4, 0.5) is 0 Å². The smallest absolute Gasteiger partial charge is 0.216 e. The maximum Gasteiger partial charge on any atom is 0.216 e. The SMILES string of the molecule is S=c1[nH]nc(C2CCCO2)n1/N=C\c1ccco1. The molecule has 18 heavy (non-hydrogen) atoms. The molecule has 0 amide bonds. The molecule has 3 heterocycles. The van der Waals surface area contributed by atoms with E-state index in [0.717, 1.165) is 19.4 Å². The van der Waals surface area contributed by atoms with Gasteiger partial charge < -0.3 is 9.15 Å². The fourth-order valence-corrected chi connectivity index (χ4v) is 2.07. The number of rotatable bonds is 3. The molecule has 1 N–H and O–H groups in total. The topological polar surface area (TPSA) is 68.3 Å². The molecule has 0 aromatic carbocycles. The molecule has 1 saturated heterocycles. The molecule has 2 aromatic heterocycles. The Morgan fingerprint density at radius 3 is 3.28 bits per heavy atom. The summed E-state index contributed by atoms with van der Waals surface area (Å²) in [4.78, 5) is 0. The van der Waals surface area contributed by atoms with Crippen molar-refractivity contribution < 1.29 is 9.15 Å². The molecule has 1 aliphatic rings. The summed E-state index contributed by atoms with van der Waals surface area (Å²) in [5, 5.41) is 11.2. The highest BCUT2D eigenvalue weighted by molar-refractivity contribution is 7.71. The minimum atomic E-state index is -0.0355. The van der Waals surface area contributed by atoms with E-state index in [1.165, 1.54) is 0 Å². The predicted octanol–water partition coefficient (Wildman–Crippen LogP) is 2.27. The van der Waals surface area contributed by atoms with Gasteiger partial charge >= 0.3 is 0 Å². The van der Waals surface area contributed by atoms with Gasteiger partial charge in [0.2, 0.25) is 4.77 Å². The van der Waals surface area contributed by atoms with Crippen LogP contribution in [0.5, 0.6) is 0 Å². The van der Waals surface area contributed by atoms with Gasteiger partial charge in [0.05, 0.1) is 12.5 Å². The summed E-state index contributed by atoms with van der Waals surface area (Å²) in [6, 6.07) is 3.62. The van der Waals surface area contributed by atoms with E-state index in [0.29, 0.717) is 16.4 Å². The van der Waals surface area contributed by atoms with E-state index in [-0.39, 0.29) is 6.10 Å². The van der Waals surface area contributed by atoms with Crippen LogP contribution in [0, 0.1) is 4.77 Å². The second kappa shape index (κ2) is 4.87. The largest absolute Gasteiger partial charge is 0.463 e. The van der Waals surface area contributed by atoms with Crippen LogP contribution in [-0.2, 0) is 4.74 Å². The third kappa shape index (κ3) is 2.14. The quantitative estimate of drug-likeness (QED) is 0.682. The molecule has 1 unspecified atom stereocenters. The van der Waals surface area contributed by atoms with Crippen LogP contribution in [0.25, 0.3) is 0 Å². The molecule has 2 aromatic rings.